The summed E-state index contributed by atoms with van der Waals surface area (Å²) >= 11 is 0. The molecule has 0 atom stereocenters. The number of nitrogens with zero attached hydrogens (tertiary/aromatic N) is 3. The Balaban J connectivity index is 1.94. The van der Waals surface area contributed by atoms with Gasteiger partial charge in [-0.25, -0.2) is 9.97 Å². The van der Waals surface area contributed by atoms with Crippen molar-refractivity contribution >= 4 is 5.82 Å². The van der Waals surface area contributed by atoms with Crippen LogP contribution < -0.4 is 10.6 Å². The van der Waals surface area contributed by atoms with Gasteiger partial charge in [-0.1, -0.05) is 37.3 Å². The lowest BCUT2D eigenvalue weighted by molar-refractivity contribution is 0.498. The van der Waals surface area contributed by atoms with E-state index in [9.17, 15) is 0 Å². The Morgan fingerprint density at radius 1 is 1.14 bits per heavy atom. The molecule has 2 N–H and O–H groups in total. The molecule has 1 aromatic heterocycles. The number of aryl methyl sites for hydroxylation is 1. The molecule has 0 bridgehead atoms. The molecule has 3 rings (SSSR count). The van der Waals surface area contributed by atoms with Gasteiger partial charge in [0.25, 0.3) is 0 Å². The van der Waals surface area contributed by atoms with Crippen molar-refractivity contribution in [3.8, 4) is 11.3 Å². The highest BCUT2D eigenvalue weighted by atomic mass is 15.2. The normalized spacial score (nSPS) is 16.2. The van der Waals surface area contributed by atoms with Gasteiger partial charge in [0.2, 0.25) is 0 Å². The number of nitrogens with two attached hydrogens (primary N) is 1. The minimum Gasteiger partial charge on any atom is -0.356 e. The van der Waals surface area contributed by atoms with E-state index in [0.717, 1.165) is 55.3 Å². The second-order valence-electron chi connectivity index (χ2n) is 5.57. The summed E-state index contributed by atoms with van der Waals surface area (Å²) in [6.07, 6.45) is 2.92. The summed E-state index contributed by atoms with van der Waals surface area (Å²) in [5, 5.41) is 0. The topological polar surface area (TPSA) is 55.0 Å². The van der Waals surface area contributed by atoms with Gasteiger partial charge in [-0.3, -0.25) is 0 Å². The zero-order chi connectivity index (χ0) is 14.7. The Hall–Kier alpha value is -1.94. The molecular formula is C17H22N4. The lowest BCUT2D eigenvalue weighted by atomic mass is 10.1. The largest absolute Gasteiger partial charge is 0.356 e. The molecule has 2 heterocycles. The van der Waals surface area contributed by atoms with Crippen LogP contribution in [-0.2, 0) is 6.42 Å². The Morgan fingerprint density at radius 3 is 2.52 bits per heavy atom. The number of piperidine rings is 1. The van der Waals surface area contributed by atoms with E-state index in [1.54, 1.807) is 0 Å². The van der Waals surface area contributed by atoms with E-state index in [1.165, 1.54) is 0 Å². The highest BCUT2D eigenvalue weighted by Gasteiger charge is 2.18. The number of aromatic nitrogens is 2. The Morgan fingerprint density at radius 2 is 1.86 bits per heavy atom. The van der Waals surface area contributed by atoms with Crippen LogP contribution in [0.4, 0.5) is 5.82 Å². The van der Waals surface area contributed by atoms with Crippen molar-refractivity contribution in [1.82, 2.24) is 9.97 Å². The van der Waals surface area contributed by atoms with Crippen molar-refractivity contribution in [2.75, 3.05) is 18.0 Å². The molecule has 1 saturated heterocycles. The maximum atomic E-state index is 5.99. The number of rotatable bonds is 3. The van der Waals surface area contributed by atoms with Crippen molar-refractivity contribution in [2.24, 2.45) is 5.73 Å². The van der Waals surface area contributed by atoms with Crippen LogP contribution in [0.2, 0.25) is 0 Å². The zero-order valence-electron chi connectivity index (χ0n) is 12.5. The van der Waals surface area contributed by atoms with Crippen LogP contribution in [0.3, 0.4) is 0 Å². The van der Waals surface area contributed by atoms with Crippen molar-refractivity contribution in [3.05, 3.63) is 42.2 Å². The van der Waals surface area contributed by atoms with Gasteiger partial charge in [-0.15, -0.1) is 0 Å². The second kappa shape index (κ2) is 6.22. The van der Waals surface area contributed by atoms with Gasteiger partial charge in [0, 0.05) is 37.2 Å². The third-order valence-electron chi connectivity index (χ3n) is 4.01. The Labute approximate surface area is 126 Å². The van der Waals surface area contributed by atoms with Crippen LogP contribution in [0, 0.1) is 0 Å². The minimum absolute atomic E-state index is 0.335. The van der Waals surface area contributed by atoms with Crippen LogP contribution in [0.5, 0.6) is 0 Å². The molecule has 1 aromatic carbocycles. The van der Waals surface area contributed by atoms with E-state index in [0.29, 0.717) is 6.04 Å². The van der Waals surface area contributed by atoms with Crippen LogP contribution >= 0.6 is 0 Å². The molecule has 110 valence electrons. The fourth-order valence-electron chi connectivity index (χ4n) is 2.69. The Bertz CT molecular complexity index is 589. The lowest BCUT2D eigenvalue weighted by Gasteiger charge is -2.31. The number of benzene rings is 1. The molecule has 0 unspecified atom stereocenters. The summed E-state index contributed by atoms with van der Waals surface area (Å²) in [5.41, 5.74) is 8.14. The predicted octanol–water partition coefficient (Wildman–Crippen LogP) is 2.63. The van der Waals surface area contributed by atoms with Gasteiger partial charge in [-0.2, -0.15) is 0 Å². The molecule has 21 heavy (non-hydrogen) atoms. The molecule has 1 aliphatic heterocycles. The number of hydrogen-bond acceptors (Lipinski definition) is 4. The maximum Gasteiger partial charge on any atom is 0.132 e. The standard InChI is InChI=1S/C17H22N4/c1-2-16-19-15(13-6-4-3-5-7-13)12-17(20-16)21-10-8-14(18)9-11-21/h3-7,12,14H,2,8-11,18H2,1H3. The SMILES string of the molecule is CCc1nc(-c2ccccc2)cc(N2CCC(N)CC2)n1. The second-order valence-corrected chi connectivity index (χ2v) is 5.57. The molecule has 1 aliphatic rings. The smallest absolute Gasteiger partial charge is 0.132 e. The van der Waals surface area contributed by atoms with Crippen LogP contribution in [0.25, 0.3) is 11.3 Å². The first-order chi connectivity index (χ1) is 10.3. The third-order valence-corrected chi connectivity index (χ3v) is 4.01. The fraction of sp³-hybridized carbons (Fsp3) is 0.412. The van der Waals surface area contributed by atoms with Gasteiger partial charge in [0.05, 0.1) is 5.69 Å². The summed E-state index contributed by atoms with van der Waals surface area (Å²) < 4.78 is 0. The lowest BCUT2D eigenvalue weighted by Crippen LogP contribution is -2.40. The molecular weight excluding hydrogens is 260 g/mol. The predicted molar refractivity (Wildman–Crippen MR) is 86.3 cm³/mol. The van der Waals surface area contributed by atoms with Crippen LogP contribution in [0.15, 0.2) is 36.4 Å². The average molecular weight is 282 g/mol. The monoisotopic (exact) mass is 282 g/mol. The van der Waals surface area contributed by atoms with Gasteiger partial charge in [-0.05, 0) is 12.8 Å². The highest BCUT2D eigenvalue weighted by molar-refractivity contribution is 5.63. The summed E-state index contributed by atoms with van der Waals surface area (Å²) in [4.78, 5) is 11.7. The van der Waals surface area contributed by atoms with Crippen molar-refractivity contribution in [3.63, 3.8) is 0 Å². The van der Waals surface area contributed by atoms with E-state index in [1.807, 2.05) is 18.2 Å². The van der Waals surface area contributed by atoms with E-state index >= 15 is 0 Å². The first kappa shape index (κ1) is 14.0. The molecule has 1 fully saturated rings. The molecule has 2 aromatic rings. The van der Waals surface area contributed by atoms with E-state index < -0.39 is 0 Å². The van der Waals surface area contributed by atoms with Gasteiger partial charge >= 0.3 is 0 Å². The number of anilines is 1. The molecule has 0 amide bonds. The molecule has 0 radical (unpaired) electrons. The fourth-order valence-corrected chi connectivity index (χ4v) is 2.69. The van der Waals surface area contributed by atoms with Crippen molar-refractivity contribution < 1.29 is 0 Å². The maximum absolute atomic E-state index is 5.99. The van der Waals surface area contributed by atoms with E-state index in [2.05, 4.69) is 35.0 Å². The molecule has 4 heteroatoms. The Kier molecular flexibility index (Phi) is 4.15. The van der Waals surface area contributed by atoms with Crippen molar-refractivity contribution in [2.45, 2.75) is 32.2 Å². The highest BCUT2D eigenvalue weighted by Crippen LogP contribution is 2.24. The van der Waals surface area contributed by atoms with Crippen molar-refractivity contribution in [1.29, 1.82) is 0 Å². The molecule has 0 saturated carbocycles. The summed E-state index contributed by atoms with van der Waals surface area (Å²) in [6.45, 7) is 4.06. The first-order valence-corrected chi connectivity index (χ1v) is 7.70. The quantitative estimate of drug-likeness (QED) is 0.940. The van der Waals surface area contributed by atoms with Gasteiger partial charge < -0.3 is 10.6 Å². The molecule has 4 nitrogen and oxygen atoms in total. The van der Waals surface area contributed by atoms with Crippen LogP contribution in [0.1, 0.15) is 25.6 Å². The van der Waals surface area contributed by atoms with Gasteiger partial charge in [0.1, 0.15) is 11.6 Å². The molecule has 0 spiro atoms. The third kappa shape index (κ3) is 3.22. The van der Waals surface area contributed by atoms with Crippen LogP contribution in [-0.4, -0.2) is 29.1 Å². The van der Waals surface area contributed by atoms with E-state index in [4.69, 9.17) is 10.7 Å². The van der Waals surface area contributed by atoms with E-state index in [-0.39, 0.29) is 0 Å². The van der Waals surface area contributed by atoms with Gasteiger partial charge in [0.15, 0.2) is 0 Å². The first-order valence-electron chi connectivity index (χ1n) is 7.70. The number of hydrogen-bond donors (Lipinski definition) is 1. The average Bonchev–Trinajstić information content (AvgIpc) is 2.56. The minimum atomic E-state index is 0.335. The summed E-state index contributed by atoms with van der Waals surface area (Å²) in [5.74, 6) is 1.94. The zero-order valence-corrected chi connectivity index (χ0v) is 12.5. The molecule has 0 aliphatic carbocycles. The summed E-state index contributed by atoms with van der Waals surface area (Å²) in [6, 6.07) is 12.7. The summed E-state index contributed by atoms with van der Waals surface area (Å²) in [7, 11) is 0.